The molecular formula is C29H25N7O. The molecular weight excluding hydrogens is 462 g/mol. The number of pyridine rings is 3. The molecule has 0 spiro atoms. The molecule has 0 saturated heterocycles. The third kappa shape index (κ3) is 4.45. The summed E-state index contributed by atoms with van der Waals surface area (Å²) in [6, 6.07) is 16.1. The minimum Gasteiger partial charge on any atom is -0.338 e. The van der Waals surface area contributed by atoms with Crippen molar-refractivity contribution in [2.45, 2.75) is 26.2 Å². The molecule has 5 aromatic heterocycles. The second-order valence-corrected chi connectivity index (χ2v) is 8.99. The van der Waals surface area contributed by atoms with Crippen molar-refractivity contribution in [2.75, 3.05) is 5.32 Å². The number of amides is 1. The average Bonchev–Trinajstić information content (AvgIpc) is 3.56. The standard InChI is InChI=1S/C29H25N7O/c1-2-3-6-27(37)33-21-12-20(16-31-17-21)18-7-8-25-24(13-18)28(36-35-25)26-14-23-22(9-11-32-29(23)34-26)19-5-4-10-30-15-19/h4-5,7-17H,2-3,6H2,1H3,(H,32,34)(H,33,37)(H,35,36). The Bertz CT molecular complexity index is 1720. The van der Waals surface area contributed by atoms with Crippen molar-refractivity contribution in [3.8, 4) is 33.6 Å². The maximum atomic E-state index is 12.2. The number of rotatable bonds is 7. The van der Waals surface area contributed by atoms with E-state index in [4.69, 9.17) is 0 Å². The number of anilines is 1. The van der Waals surface area contributed by atoms with E-state index in [0.717, 1.165) is 68.4 Å². The maximum absolute atomic E-state index is 12.2. The molecule has 0 aliphatic heterocycles. The number of carbonyl (C=O) groups excluding carboxylic acids is 1. The number of carbonyl (C=O) groups is 1. The molecule has 3 N–H and O–H groups in total. The van der Waals surface area contributed by atoms with Gasteiger partial charge >= 0.3 is 0 Å². The van der Waals surface area contributed by atoms with Crippen molar-refractivity contribution in [3.63, 3.8) is 0 Å². The molecule has 1 amide bonds. The highest BCUT2D eigenvalue weighted by molar-refractivity contribution is 6.00. The quantitative estimate of drug-likeness (QED) is 0.243. The van der Waals surface area contributed by atoms with Gasteiger partial charge < -0.3 is 10.3 Å². The first kappa shape index (κ1) is 22.6. The normalized spacial score (nSPS) is 11.3. The number of nitrogens with zero attached hydrogens (tertiary/aromatic N) is 4. The van der Waals surface area contributed by atoms with Gasteiger partial charge in [0.15, 0.2) is 0 Å². The fourth-order valence-electron chi connectivity index (χ4n) is 4.55. The highest BCUT2D eigenvalue weighted by atomic mass is 16.1. The van der Waals surface area contributed by atoms with Gasteiger partial charge in [-0.1, -0.05) is 25.5 Å². The molecule has 6 aromatic rings. The van der Waals surface area contributed by atoms with Crippen LogP contribution >= 0.6 is 0 Å². The fraction of sp³-hybridized carbons (Fsp3) is 0.138. The van der Waals surface area contributed by atoms with Crippen molar-refractivity contribution < 1.29 is 4.79 Å². The number of fused-ring (bicyclic) bond motifs is 2. The Morgan fingerprint density at radius 2 is 1.84 bits per heavy atom. The zero-order valence-electron chi connectivity index (χ0n) is 20.3. The second-order valence-electron chi connectivity index (χ2n) is 8.99. The summed E-state index contributed by atoms with van der Waals surface area (Å²) in [6.07, 6.45) is 11.2. The smallest absolute Gasteiger partial charge is 0.224 e. The summed E-state index contributed by atoms with van der Waals surface area (Å²) in [5.41, 5.74) is 8.08. The summed E-state index contributed by atoms with van der Waals surface area (Å²) in [6.45, 7) is 2.07. The average molecular weight is 488 g/mol. The zero-order chi connectivity index (χ0) is 25.2. The summed E-state index contributed by atoms with van der Waals surface area (Å²) in [7, 11) is 0. The van der Waals surface area contributed by atoms with Crippen LogP contribution in [0.2, 0.25) is 0 Å². The Hall–Kier alpha value is -4.85. The van der Waals surface area contributed by atoms with E-state index in [1.165, 1.54) is 0 Å². The lowest BCUT2D eigenvalue weighted by Crippen LogP contribution is -2.11. The van der Waals surface area contributed by atoms with E-state index in [1.807, 2.05) is 42.6 Å². The molecule has 0 atom stereocenters. The number of hydrogen-bond acceptors (Lipinski definition) is 5. The minimum atomic E-state index is 0.00597. The molecule has 0 aliphatic carbocycles. The molecule has 0 unspecified atom stereocenters. The first-order valence-electron chi connectivity index (χ1n) is 12.3. The van der Waals surface area contributed by atoms with Gasteiger partial charge in [0.05, 0.1) is 23.1 Å². The topological polar surface area (TPSA) is 112 Å². The molecule has 8 heteroatoms. The monoisotopic (exact) mass is 487 g/mol. The molecule has 0 radical (unpaired) electrons. The number of unbranched alkanes of at least 4 members (excludes halogenated alkanes) is 1. The van der Waals surface area contributed by atoms with Crippen LogP contribution < -0.4 is 5.32 Å². The van der Waals surface area contributed by atoms with Crippen molar-refractivity contribution in [1.29, 1.82) is 0 Å². The van der Waals surface area contributed by atoms with Gasteiger partial charge in [-0.25, -0.2) is 4.98 Å². The zero-order valence-corrected chi connectivity index (χ0v) is 20.3. The summed E-state index contributed by atoms with van der Waals surface area (Å²) in [4.78, 5) is 28.8. The Labute approximate surface area is 213 Å². The lowest BCUT2D eigenvalue weighted by atomic mass is 10.0. The van der Waals surface area contributed by atoms with Crippen LogP contribution in [-0.2, 0) is 4.79 Å². The number of hydrogen-bond donors (Lipinski definition) is 3. The second kappa shape index (κ2) is 9.66. The van der Waals surface area contributed by atoms with Gasteiger partial charge in [-0.3, -0.25) is 19.9 Å². The van der Waals surface area contributed by atoms with Crippen molar-refractivity contribution in [1.82, 2.24) is 30.1 Å². The summed E-state index contributed by atoms with van der Waals surface area (Å²) in [5.74, 6) is 0.00597. The Morgan fingerprint density at radius 1 is 0.919 bits per heavy atom. The highest BCUT2D eigenvalue weighted by Gasteiger charge is 2.15. The fourth-order valence-corrected chi connectivity index (χ4v) is 4.55. The predicted octanol–water partition coefficient (Wildman–Crippen LogP) is 6.36. The minimum absolute atomic E-state index is 0.00597. The van der Waals surface area contributed by atoms with Gasteiger partial charge in [0.25, 0.3) is 0 Å². The third-order valence-corrected chi connectivity index (χ3v) is 6.44. The van der Waals surface area contributed by atoms with Crippen molar-refractivity contribution in [3.05, 3.63) is 79.5 Å². The molecule has 0 aliphatic rings. The van der Waals surface area contributed by atoms with Crippen LogP contribution in [0.3, 0.4) is 0 Å². The molecule has 8 nitrogen and oxygen atoms in total. The van der Waals surface area contributed by atoms with Crippen molar-refractivity contribution >= 4 is 33.5 Å². The van der Waals surface area contributed by atoms with E-state index in [0.29, 0.717) is 12.1 Å². The van der Waals surface area contributed by atoms with E-state index in [9.17, 15) is 4.79 Å². The number of H-pyrrole nitrogens is 2. The number of benzene rings is 1. The van der Waals surface area contributed by atoms with Crippen molar-refractivity contribution in [2.24, 2.45) is 0 Å². The Kier molecular flexibility index (Phi) is 5.90. The first-order valence-corrected chi connectivity index (χ1v) is 12.3. The first-order chi connectivity index (χ1) is 18.2. The predicted molar refractivity (Wildman–Crippen MR) is 146 cm³/mol. The number of aromatic nitrogens is 6. The highest BCUT2D eigenvalue weighted by Crippen LogP contribution is 2.34. The van der Waals surface area contributed by atoms with E-state index >= 15 is 0 Å². The van der Waals surface area contributed by atoms with Crippen LogP contribution in [0.25, 0.3) is 55.6 Å². The molecule has 1 aromatic carbocycles. The van der Waals surface area contributed by atoms with Crippen LogP contribution in [0, 0.1) is 0 Å². The Balaban J connectivity index is 1.37. The summed E-state index contributed by atoms with van der Waals surface area (Å²) < 4.78 is 0. The van der Waals surface area contributed by atoms with Gasteiger partial charge in [0.2, 0.25) is 5.91 Å². The van der Waals surface area contributed by atoms with Crippen LogP contribution in [0.4, 0.5) is 5.69 Å². The van der Waals surface area contributed by atoms with Gasteiger partial charge in [-0.05, 0) is 53.9 Å². The molecule has 6 rings (SSSR count). The van der Waals surface area contributed by atoms with Gasteiger partial charge in [0, 0.05) is 53.1 Å². The molecule has 182 valence electrons. The molecule has 37 heavy (non-hydrogen) atoms. The van der Waals surface area contributed by atoms with Crippen LogP contribution in [0.15, 0.2) is 79.5 Å². The lowest BCUT2D eigenvalue weighted by molar-refractivity contribution is -0.116. The van der Waals surface area contributed by atoms with Gasteiger partial charge in [-0.15, -0.1) is 0 Å². The van der Waals surface area contributed by atoms with Gasteiger partial charge in [0.1, 0.15) is 11.3 Å². The van der Waals surface area contributed by atoms with Crippen LogP contribution in [-0.4, -0.2) is 36.0 Å². The van der Waals surface area contributed by atoms with E-state index in [1.54, 1.807) is 24.8 Å². The molecule has 0 bridgehead atoms. The number of aromatic amines is 2. The summed E-state index contributed by atoms with van der Waals surface area (Å²) >= 11 is 0. The van der Waals surface area contributed by atoms with Gasteiger partial charge in [-0.2, -0.15) is 5.10 Å². The maximum Gasteiger partial charge on any atom is 0.224 e. The third-order valence-electron chi connectivity index (χ3n) is 6.44. The molecule has 5 heterocycles. The SMILES string of the molecule is CCCCC(=O)Nc1cncc(-c2ccc3[nH]nc(-c4cc5c(-c6cccnc6)ccnc5[nH]4)c3c2)c1. The molecule has 0 saturated carbocycles. The van der Waals surface area contributed by atoms with E-state index < -0.39 is 0 Å². The molecule has 0 fully saturated rings. The van der Waals surface area contributed by atoms with Crippen LogP contribution in [0.5, 0.6) is 0 Å². The lowest BCUT2D eigenvalue weighted by Gasteiger charge is -2.07. The Morgan fingerprint density at radius 3 is 2.70 bits per heavy atom. The summed E-state index contributed by atoms with van der Waals surface area (Å²) in [5, 5.41) is 12.7. The van der Waals surface area contributed by atoms with E-state index in [-0.39, 0.29) is 5.91 Å². The van der Waals surface area contributed by atoms with Crippen LogP contribution in [0.1, 0.15) is 26.2 Å². The largest absolute Gasteiger partial charge is 0.338 e. The van der Waals surface area contributed by atoms with E-state index in [2.05, 4.69) is 54.5 Å². The number of nitrogens with one attached hydrogen (secondary N) is 3.